The highest BCUT2D eigenvalue weighted by Crippen LogP contribution is 2.26. The molecule has 0 bridgehead atoms. The maximum Gasteiger partial charge on any atom is 0.264 e. The summed E-state index contributed by atoms with van der Waals surface area (Å²) in [5.41, 5.74) is 2.24. The van der Waals surface area contributed by atoms with Crippen LogP contribution >= 0.6 is 11.6 Å². The van der Waals surface area contributed by atoms with Crippen LogP contribution in [-0.4, -0.2) is 50.8 Å². The van der Waals surface area contributed by atoms with Gasteiger partial charge in [-0.2, -0.15) is 0 Å². The average Bonchev–Trinajstić information content (AvgIpc) is 2.93. The van der Waals surface area contributed by atoms with Crippen LogP contribution in [0.5, 0.6) is 0 Å². The fourth-order valence-corrected chi connectivity index (χ4v) is 5.78. The summed E-state index contributed by atoms with van der Waals surface area (Å²) in [5, 5.41) is 3.34. The number of sulfonamides is 1. The molecule has 0 unspecified atom stereocenters. The number of hydrogen-bond donors (Lipinski definition) is 1. The molecule has 0 saturated carbocycles. The lowest BCUT2D eigenvalue weighted by Gasteiger charge is -2.33. The van der Waals surface area contributed by atoms with Gasteiger partial charge in [-0.05, 0) is 68.1 Å². The quantitative estimate of drug-likeness (QED) is 0.306. The van der Waals surface area contributed by atoms with Crippen molar-refractivity contribution in [3.05, 3.63) is 95.0 Å². The van der Waals surface area contributed by atoms with Gasteiger partial charge >= 0.3 is 0 Å². The average molecular weight is 570 g/mol. The summed E-state index contributed by atoms with van der Waals surface area (Å²) in [5.74, 6) is -0.713. The van der Waals surface area contributed by atoms with Crippen molar-refractivity contribution in [2.75, 3.05) is 23.9 Å². The Morgan fingerprint density at radius 3 is 2.15 bits per heavy atom. The Balaban J connectivity index is 1.99. The third-order valence-corrected chi connectivity index (χ3v) is 8.46. The van der Waals surface area contributed by atoms with E-state index in [2.05, 4.69) is 5.32 Å². The number of hydrogen-bond acceptors (Lipinski definition) is 4. The van der Waals surface area contributed by atoms with Gasteiger partial charge in [0, 0.05) is 18.1 Å². The van der Waals surface area contributed by atoms with E-state index in [0.29, 0.717) is 30.1 Å². The van der Waals surface area contributed by atoms with Gasteiger partial charge in [0.15, 0.2) is 0 Å². The Labute approximate surface area is 236 Å². The van der Waals surface area contributed by atoms with Crippen LogP contribution in [-0.2, 0) is 26.0 Å². The van der Waals surface area contributed by atoms with Gasteiger partial charge in [0.2, 0.25) is 11.8 Å². The summed E-state index contributed by atoms with van der Waals surface area (Å²) >= 11 is 6.07. The second-order valence-electron chi connectivity index (χ2n) is 9.34. The van der Waals surface area contributed by atoms with Gasteiger partial charge in [0.1, 0.15) is 12.6 Å². The highest BCUT2D eigenvalue weighted by atomic mass is 35.5. The van der Waals surface area contributed by atoms with Crippen molar-refractivity contribution in [1.82, 2.24) is 10.2 Å². The lowest BCUT2D eigenvalue weighted by Crippen LogP contribution is -2.53. The fourth-order valence-electron chi connectivity index (χ4n) is 4.24. The maximum atomic E-state index is 13.9. The van der Waals surface area contributed by atoms with Crippen LogP contribution in [0.1, 0.15) is 37.8 Å². The number of nitrogens with zero attached hydrogens (tertiary/aromatic N) is 2. The second kappa shape index (κ2) is 14.1. The highest BCUT2D eigenvalue weighted by molar-refractivity contribution is 7.92. The van der Waals surface area contributed by atoms with E-state index in [1.165, 1.54) is 17.0 Å². The maximum absolute atomic E-state index is 13.9. The smallest absolute Gasteiger partial charge is 0.264 e. The molecule has 3 aromatic rings. The number of rotatable bonds is 13. The summed E-state index contributed by atoms with van der Waals surface area (Å²) in [6.45, 7) is 5.97. The Morgan fingerprint density at radius 1 is 0.923 bits per heavy atom. The number of aryl methyl sites for hydroxylation is 1. The molecule has 1 atom stereocenters. The van der Waals surface area contributed by atoms with Crippen molar-refractivity contribution < 1.29 is 18.0 Å². The van der Waals surface area contributed by atoms with Crippen molar-refractivity contribution in [2.24, 2.45) is 0 Å². The fraction of sp³-hybridized carbons (Fsp3) is 0.333. The number of amides is 2. The monoisotopic (exact) mass is 569 g/mol. The normalized spacial score (nSPS) is 12.0. The zero-order valence-electron chi connectivity index (χ0n) is 22.6. The molecule has 9 heteroatoms. The summed E-state index contributed by atoms with van der Waals surface area (Å²) in [4.78, 5) is 28.6. The third-order valence-electron chi connectivity index (χ3n) is 6.42. The van der Waals surface area contributed by atoms with Crippen LogP contribution in [0.2, 0.25) is 5.02 Å². The van der Waals surface area contributed by atoms with Crippen molar-refractivity contribution in [3.8, 4) is 0 Å². The van der Waals surface area contributed by atoms with Gasteiger partial charge < -0.3 is 10.2 Å². The van der Waals surface area contributed by atoms with E-state index in [1.54, 1.807) is 36.4 Å². The van der Waals surface area contributed by atoms with Crippen molar-refractivity contribution in [3.63, 3.8) is 0 Å². The summed E-state index contributed by atoms with van der Waals surface area (Å²) in [7, 11) is -4.10. The zero-order valence-corrected chi connectivity index (χ0v) is 24.2. The van der Waals surface area contributed by atoms with E-state index in [9.17, 15) is 18.0 Å². The first-order chi connectivity index (χ1) is 18.7. The van der Waals surface area contributed by atoms with Crippen LogP contribution in [0.4, 0.5) is 5.69 Å². The molecule has 2 amide bonds. The summed E-state index contributed by atoms with van der Waals surface area (Å²) < 4.78 is 28.7. The van der Waals surface area contributed by atoms with E-state index >= 15 is 0 Å². The molecule has 0 aliphatic heterocycles. The Bertz CT molecular complexity index is 1330. The van der Waals surface area contributed by atoms with E-state index in [0.717, 1.165) is 21.9 Å². The molecule has 0 saturated heterocycles. The molecule has 39 heavy (non-hydrogen) atoms. The lowest BCUT2D eigenvalue weighted by molar-refractivity contribution is -0.139. The molecular formula is C30H36ClN3O4S. The first kappa shape index (κ1) is 30.2. The number of anilines is 1. The van der Waals surface area contributed by atoms with Crippen LogP contribution in [0.3, 0.4) is 0 Å². The Morgan fingerprint density at radius 2 is 1.56 bits per heavy atom. The minimum absolute atomic E-state index is 0.0689. The van der Waals surface area contributed by atoms with E-state index in [4.69, 9.17) is 11.6 Å². The molecule has 0 aliphatic carbocycles. The SMILES string of the molecule is CCCNC(=O)[C@@H](CC)N(CCc1ccccc1)C(=O)CN(c1ccc(Cl)cc1)S(=O)(=O)c1ccc(C)cc1. The molecular weight excluding hydrogens is 534 g/mol. The largest absolute Gasteiger partial charge is 0.354 e. The van der Waals surface area contributed by atoms with Gasteiger partial charge in [0.25, 0.3) is 10.0 Å². The number of benzene rings is 3. The molecule has 0 aliphatic rings. The van der Waals surface area contributed by atoms with Crippen LogP contribution in [0, 0.1) is 6.92 Å². The van der Waals surface area contributed by atoms with Gasteiger partial charge in [-0.1, -0.05) is 73.5 Å². The van der Waals surface area contributed by atoms with Crippen LogP contribution in [0.25, 0.3) is 0 Å². The number of carbonyl (C=O) groups is 2. The molecule has 3 rings (SSSR count). The first-order valence-electron chi connectivity index (χ1n) is 13.1. The predicted molar refractivity (Wildman–Crippen MR) is 156 cm³/mol. The minimum atomic E-state index is -4.10. The predicted octanol–water partition coefficient (Wildman–Crippen LogP) is 5.22. The van der Waals surface area contributed by atoms with Gasteiger partial charge in [-0.3, -0.25) is 13.9 Å². The number of halogens is 1. The molecule has 0 aromatic heterocycles. The molecule has 0 spiro atoms. The molecule has 208 valence electrons. The molecule has 3 aromatic carbocycles. The first-order valence-corrected chi connectivity index (χ1v) is 14.9. The molecule has 7 nitrogen and oxygen atoms in total. The van der Waals surface area contributed by atoms with Crippen molar-refractivity contribution in [2.45, 2.75) is 51.0 Å². The van der Waals surface area contributed by atoms with Gasteiger partial charge in [-0.25, -0.2) is 8.42 Å². The molecule has 0 heterocycles. The molecule has 1 N–H and O–H groups in total. The summed E-state index contributed by atoms with van der Waals surface area (Å²) in [6, 6.07) is 21.7. The van der Waals surface area contributed by atoms with Crippen molar-refractivity contribution >= 4 is 39.1 Å². The van der Waals surface area contributed by atoms with Gasteiger partial charge in [-0.15, -0.1) is 0 Å². The Kier molecular flexibility index (Phi) is 10.9. The topological polar surface area (TPSA) is 86.8 Å². The summed E-state index contributed by atoms with van der Waals surface area (Å²) in [6.07, 6.45) is 1.68. The second-order valence-corrected chi connectivity index (χ2v) is 11.6. The van der Waals surface area contributed by atoms with E-state index in [1.807, 2.05) is 51.1 Å². The van der Waals surface area contributed by atoms with Crippen molar-refractivity contribution in [1.29, 1.82) is 0 Å². The standard InChI is InChI=1S/C30H36ClN3O4S/c1-4-20-32-30(36)28(5-2)33(21-19-24-9-7-6-8-10-24)29(35)22-34(26-15-13-25(31)14-16-26)39(37,38)27-17-11-23(3)12-18-27/h6-18,28H,4-5,19-22H2,1-3H3,(H,32,36)/t28-/m1/s1. The van der Waals surface area contributed by atoms with Crippen LogP contribution < -0.4 is 9.62 Å². The molecule has 0 fully saturated rings. The Hall–Kier alpha value is -3.36. The zero-order chi connectivity index (χ0) is 28.4. The lowest BCUT2D eigenvalue weighted by atomic mass is 10.1. The van der Waals surface area contributed by atoms with Crippen LogP contribution in [0.15, 0.2) is 83.8 Å². The van der Waals surface area contributed by atoms with E-state index < -0.39 is 28.5 Å². The minimum Gasteiger partial charge on any atom is -0.354 e. The van der Waals surface area contributed by atoms with Gasteiger partial charge in [0.05, 0.1) is 10.6 Å². The highest BCUT2D eigenvalue weighted by Gasteiger charge is 2.33. The molecule has 0 radical (unpaired) electrons. The van der Waals surface area contributed by atoms with E-state index in [-0.39, 0.29) is 17.3 Å². The number of carbonyl (C=O) groups excluding carboxylic acids is 2. The number of nitrogens with one attached hydrogen (secondary N) is 1. The third kappa shape index (κ3) is 8.07.